The van der Waals surface area contributed by atoms with E-state index in [0.717, 1.165) is 5.56 Å². The van der Waals surface area contributed by atoms with Gasteiger partial charge in [-0.2, -0.15) is 0 Å². The molecule has 1 amide bonds. The van der Waals surface area contributed by atoms with Crippen molar-refractivity contribution in [2.75, 3.05) is 19.5 Å². The van der Waals surface area contributed by atoms with E-state index in [4.69, 9.17) is 9.47 Å². The molecule has 124 valence electrons. The number of methoxy groups -OCH3 is 1. The molecule has 0 heterocycles. The van der Waals surface area contributed by atoms with Crippen molar-refractivity contribution in [3.8, 4) is 11.5 Å². The predicted molar refractivity (Wildman–Crippen MR) is 86.6 cm³/mol. The second-order valence-corrected chi connectivity index (χ2v) is 6.58. The predicted octanol–water partition coefficient (Wildman–Crippen LogP) is 3.20. The maximum atomic E-state index is 11.9. The highest BCUT2D eigenvalue weighted by atomic mass is 16.6. The molecule has 3 N–H and O–H groups in total. The molecule has 0 aromatic heterocycles. The first kappa shape index (κ1) is 18.1. The summed E-state index contributed by atoms with van der Waals surface area (Å²) in [6.45, 7) is 9.28. The summed E-state index contributed by atoms with van der Waals surface area (Å²) in [5, 5.41) is 15.9. The third-order valence-corrected chi connectivity index (χ3v) is 3.28. The first-order valence-electron chi connectivity index (χ1n) is 7.10. The Labute approximate surface area is 131 Å². The monoisotopic (exact) mass is 310 g/mol. The van der Waals surface area contributed by atoms with Crippen LogP contribution in [0.5, 0.6) is 11.5 Å². The second-order valence-electron chi connectivity index (χ2n) is 6.58. The number of nitrogens with one attached hydrogen (secondary N) is 2. The lowest BCUT2D eigenvalue weighted by molar-refractivity contribution is 0.0635. The number of anilines is 1. The van der Waals surface area contributed by atoms with Crippen LogP contribution in [0.25, 0.3) is 0 Å². The molecule has 0 saturated carbocycles. The summed E-state index contributed by atoms with van der Waals surface area (Å²) in [6.07, 6.45) is -0.635. The summed E-state index contributed by atoms with van der Waals surface area (Å²) >= 11 is 0. The average Bonchev–Trinajstić information content (AvgIpc) is 2.38. The molecule has 1 rings (SSSR count). The lowest BCUT2D eigenvalue weighted by atomic mass is 9.93. The zero-order valence-electron chi connectivity index (χ0n) is 14.3. The van der Waals surface area contributed by atoms with Crippen molar-refractivity contribution in [2.45, 2.75) is 45.8 Å². The van der Waals surface area contributed by atoms with Gasteiger partial charge in [-0.3, -0.25) is 5.32 Å². The van der Waals surface area contributed by atoms with Crippen LogP contribution in [0.1, 0.15) is 40.2 Å². The standard InChI is InChI=1S/C16H26N2O4/c1-15(2,3)22-14(20)18-11-8-10(16(4,5)17-6)9-12(21-7)13(11)19/h8-9,17,19H,1-7H3,(H,18,20). The molecule has 1 aromatic carbocycles. The van der Waals surface area contributed by atoms with Crippen LogP contribution in [-0.4, -0.2) is 31.0 Å². The van der Waals surface area contributed by atoms with Gasteiger partial charge in [0.15, 0.2) is 11.5 Å². The zero-order chi connectivity index (χ0) is 17.1. The minimum atomic E-state index is -0.635. The van der Waals surface area contributed by atoms with Crippen LogP contribution in [0, 0.1) is 0 Å². The number of benzene rings is 1. The zero-order valence-corrected chi connectivity index (χ0v) is 14.3. The molecular formula is C16H26N2O4. The van der Waals surface area contributed by atoms with Crippen LogP contribution >= 0.6 is 0 Å². The van der Waals surface area contributed by atoms with Crippen LogP contribution in [0.4, 0.5) is 10.5 Å². The quantitative estimate of drug-likeness (QED) is 0.744. The van der Waals surface area contributed by atoms with Crippen molar-refractivity contribution >= 4 is 11.8 Å². The number of phenolic OH excluding ortho intramolecular Hbond substituents is 1. The Hall–Kier alpha value is -1.95. The highest BCUT2D eigenvalue weighted by Crippen LogP contribution is 2.38. The number of hydrogen-bond acceptors (Lipinski definition) is 5. The number of carbonyl (C=O) groups excluding carboxylic acids is 1. The Kier molecular flexibility index (Phi) is 5.30. The van der Waals surface area contributed by atoms with Gasteiger partial charge in [-0.05, 0) is 59.4 Å². The van der Waals surface area contributed by atoms with Crippen LogP contribution in [-0.2, 0) is 10.3 Å². The Morgan fingerprint density at radius 3 is 2.23 bits per heavy atom. The maximum Gasteiger partial charge on any atom is 0.412 e. The molecule has 0 spiro atoms. The Morgan fingerprint density at radius 1 is 1.18 bits per heavy atom. The highest BCUT2D eigenvalue weighted by molar-refractivity contribution is 5.88. The SMILES string of the molecule is CNC(C)(C)c1cc(NC(=O)OC(C)(C)C)c(O)c(OC)c1. The fourth-order valence-corrected chi connectivity index (χ4v) is 1.78. The van der Waals surface area contributed by atoms with Gasteiger partial charge in [0.2, 0.25) is 0 Å². The van der Waals surface area contributed by atoms with Gasteiger partial charge in [-0.25, -0.2) is 4.79 Å². The smallest absolute Gasteiger partial charge is 0.412 e. The lowest BCUT2D eigenvalue weighted by Crippen LogP contribution is -2.33. The van der Waals surface area contributed by atoms with E-state index in [-0.39, 0.29) is 22.7 Å². The van der Waals surface area contributed by atoms with Gasteiger partial charge in [-0.15, -0.1) is 0 Å². The van der Waals surface area contributed by atoms with Gasteiger partial charge >= 0.3 is 6.09 Å². The lowest BCUT2D eigenvalue weighted by Gasteiger charge is -2.26. The van der Waals surface area contributed by atoms with Crippen molar-refractivity contribution in [2.24, 2.45) is 0 Å². The summed E-state index contributed by atoms with van der Waals surface area (Å²) in [6, 6.07) is 3.42. The van der Waals surface area contributed by atoms with Crippen LogP contribution in [0.2, 0.25) is 0 Å². The van der Waals surface area contributed by atoms with Crippen molar-refractivity contribution in [3.63, 3.8) is 0 Å². The fourth-order valence-electron chi connectivity index (χ4n) is 1.78. The number of aromatic hydroxyl groups is 1. The molecule has 0 bridgehead atoms. The Bertz CT molecular complexity index is 548. The topological polar surface area (TPSA) is 79.8 Å². The fraction of sp³-hybridized carbons (Fsp3) is 0.562. The summed E-state index contributed by atoms with van der Waals surface area (Å²) in [5.74, 6) is 0.149. The number of amides is 1. The van der Waals surface area contributed by atoms with E-state index < -0.39 is 11.7 Å². The van der Waals surface area contributed by atoms with E-state index in [2.05, 4.69) is 10.6 Å². The average molecular weight is 310 g/mol. The third kappa shape index (κ3) is 4.53. The molecule has 22 heavy (non-hydrogen) atoms. The number of carbonyl (C=O) groups is 1. The van der Waals surface area contributed by atoms with Gasteiger partial charge in [0.1, 0.15) is 5.60 Å². The molecular weight excluding hydrogens is 284 g/mol. The van der Waals surface area contributed by atoms with Gasteiger partial charge in [0.25, 0.3) is 0 Å². The second kappa shape index (κ2) is 6.44. The van der Waals surface area contributed by atoms with Gasteiger partial charge in [0.05, 0.1) is 12.8 Å². The molecule has 1 aromatic rings. The molecule has 0 fully saturated rings. The minimum absolute atomic E-state index is 0.135. The van der Waals surface area contributed by atoms with E-state index in [1.807, 2.05) is 20.9 Å². The molecule has 0 aliphatic carbocycles. The normalized spacial score (nSPS) is 12.0. The van der Waals surface area contributed by atoms with Crippen LogP contribution in [0.3, 0.4) is 0 Å². The Morgan fingerprint density at radius 2 is 1.77 bits per heavy atom. The molecule has 0 unspecified atom stereocenters. The van der Waals surface area contributed by atoms with Crippen molar-refractivity contribution in [1.29, 1.82) is 0 Å². The van der Waals surface area contributed by atoms with Crippen molar-refractivity contribution in [1.82, 2.24) is 5.32 Å². The molecule has 0 aliphatic rings. The van der Waals surface area contributed by atoms with Crippen LogP contribution in [0.15, 0.2) is 12.1 Å². The van der Waals surface area contributed by atoms with Crippen molar-refractivity contribution < 1.29 is 19.4 Å². The molecule has 0 saturated heterocycles. The molecule has 0 aliphatic heterocycles. The molecule has 6 heteroatoms. The summed E-state index contributed by atoms with van der Waals surface area (Å²) in [5.41, 5.74) is 0.124. The van der Waals surface area contributed by atoms with Crippen molar-refractivity contribution in [3.05, 3.63) is 17.7 Å². The van der Waals surface area contributed by atoms with E-state index in [1.165, 1.54) is 7.11 Å². The number of rotatable bonds is 4. The van der Waals surface area contributed by atoms with E-state index in [0.29, 0.717) is 0 Å². The van der Waals surface area contributed by atoms with Gasteiger partial charge < -0.3 is 19.9 Å². The van der Waals surface area contributed by atoms with Gasteiger partial charge in [-0.1, -0.05) is 0 Å². The van der Waals surface area contributed by atoms with Gasteiger partial charge in [0, 0.05) is 5.54 Å². The Balaban J connectivity index is 3.18. The maximum absolute atomic E-state index is 11.9. The summed E-state index contributed by atoms with van der Waals surface area (Å²) < 4.78 is 10.4. The molecule has 0 radical (unpaired) electrons. The number of phenols is 1. The third-order valence-electron chi connectivity index (χ3n) is 3.28. The first-order chi connectivity index (χ1) is 10.00. The number of ether oxygens (including phenoxy) is 2. The minimum Gasteiger partial charge on any atom is -0.503 e. The van der Waals surface area contributed by atoms with E-state index in [9.17, 15) is 9.90 Å². The molecule has 6 nitrogen and oxygen atoms in total. The van der Waals surface area contributed by atoms with E-state index >= 15 is 0 Å². The van der Waals surface area contributed by atoms with Crippen LogP contribution < -0.4 is 15.4 Å². The largest absolute Gasteiger partial charge is 0.503 e. The highest BCUT2D eigenvalue weighted by Gasteiger charge is 2.24. The van der Waals surface area contributed by atoms with E-state index in [1.54, 1.807) is 32.9 Å². The summed E-state index contributed by atoms with van der Waals surface area (Å²) in [7, 11) is 3.29. The number of hydrogen-bond donors (Lipinski definition) is 3. The summed E-state index contributed by atoms with van der Waals surface area (Å²) in [4.78, 5) is 11.9. The molecule has 0 atom stereocenters. The first-order valence-corrected chi connectivity index (χ1v) is 7.10.